The van der Waals surface area contributed by atoms with E-state index in [9.17, 15) is 4.79 Å². The molecule has 3 aromatic rings. The van der Waals surface area contributed by atoms with Gasteiger partial charge in [-0.3, -0.25) is 4.79 Å². The molecule has 17 heavy (non-hydrogen) atoms. The fourth-order valence-corrected chi connectivity index (χ4v) is 3.20. The number of thiophene rings is 1. The molecule has 2 nitrogen and oxygen atoms in total. The first-order valence-corrected chi connectivity index (χ1v) is 6.73. The van der Waals surface area contributed by atoms with Crippen molar-refractivity contribution in [3.05, 3.63) is 56.9 Å². The molecule has 0 atom stereocenters. The van der Waals surface area contributed by atoms with Crippen molar-refractivity contribution in [2.75, 3.05) is 0 Å². The lowest BCUT2D eigenvalue weighted by Gasteiger charge is -1.96. The van der Waals surface area contributed by atoms with Gasteiger partial charge in [0.2, 0.25) is 0 Å². The van der Waals surface area contributed by atoms with Crippen LogP contribution in [0.1, 0.15) is 15.9 Å². The molecule has 0 aliphatic heterocycles. The van der Waals surface area contributed by atoms with E-state index in [2.05, 4.69) is 15.9 Å². The number of benzene rings is 1. The van der Waals surface area contributed by atoms with Gasteiger partial charge in [-0.15, -0.1) is 0 Å². The second kappa shape index (κ2) is 4.13. The number of carbonyl (C=O) groups excluding carboxylic acids is 1. The highest BCUT2D eigenvalue weighted by Crippen LogP contribution is 2.28. The van der Waals surface area contributed by atoms with Gasteiger partial charge >= 0.3 is 0 Å². The monoisotopic (exact) mass is 306 g/mol. The Bertz CT molecular complexity index is 696. The second-order valence-corrected chi connectivity index (χ2v) is 5.21. The molecule has 0 saturated heterocycles. The van der Waals surface area contributed by atoms with Crippen molar-refractivity contribution in [3.63, 3.8) is 0 Å². The molecule has 0 spiro atoms. The summed E-state index contributed by atoms with van der Waals surface area (Å²) < 4.78 is 6.21. The number of rotatable bonds is 2. The fraction of sp³-hybridized carbons (Fsp3) is 0. The van der Waals surface area contributed by atoms with Crippen molar-refractivity contribution >= 4 is 44.0 Å². The standard InChI is InChI=1S/C13H7BrO2S/c14-11-7-17-6-10(11)13(15)9-5-16-12-4-2-1-3-8(9)12/h1-7H. The lowest BCUT2D eigenvalue weighted by Crippen LogP contribution is -1.98. The maximum atomic E-state index is 12.3. The molecule has 84 valence electrons. The van der Waals surface area contributed by atoms with Crippen molar-refractivity contribution in [1.82, 2.24) is 0 Å². The molecule has 0 amide bonds. The van der Waals surface area contributed by atoms with E-state index in [-0.39, 0.29) is 5.78 Å². The number of furan rings is 1. The molecule has 4 heteroatoms. The van der Waals surface area contributed by atoms with E-state index in [0.717, 1.165) is 15.4 Å². The van der Waals surface area contributed by atoms with Crippen LogP contribution < -0.4 is 0 Å². The van der Waals surface area contributed by atoms with E-state index < -0.39 is 0 Å². The summed E-state index contributed by atoms with van der Waals surface area (Å²) in [6.07, 6.45) is 1.52. The third-order valence-corrected chi connectivity index (χ3v) is 4.29. The SMILES string of the molecule is O=C(c1cscc1Br)c1coc2ccccc12. The van der Waals surface area contributed by atoms with Gasteiger partial charge in [0.15, 0.2) is 5.78 Å². The van der Waals surface area contributed by atoms with Gasteiger partial charge < -0.3 is 4.42 Å². The summed E-state index contributed by atoms with van der Waals surface area (Å²) in [5.41, 5.74) is 2.03. The van der Waals surface area contributed by atoms with Crippen LogP contribution in [0.5, 0.6) is 0 Å². The predicted octanol–water partition coefficient (Wildman–Crippen LogP) is 4.49. The third-order valence-electron chi connectivity index (χ3n) is 2.58. The van der Waals surface area contributed by atoms with E-state index in [4.69, 9.17) is 4.42 Å². The number of para-hydroxylation sites is 1. The summed E-state index contributed by atoms with van der Waals surface area (Å²) in [4.78, 5) is 12.3. The average molecular weight is 307 g/mol. The summed E-state index contributed by atoms with van der Waals surface area (Å²) in [6.45, 7) is 0. The second-order valence-electron chi connectivity index (χ2n) is 3.61. The summed E-state index contributed by atoms with van der Waals surface area (Å²) in [6, 6.07) is 7.54. The minimum absolute atomic E-state index is 0.0110. The maximum Gasteiger partial charge on any atom is 0.198 e. The molecule has 2 aromatic heterocycles. The predicted molar refractivity (Wildman–Crippen MR) is 71.7 cm³/mol. The van der Waals surface area contributed by atoms with Crippen LogP contribution in [0.2, 0.25) is 0 Å². The van der Waals surface area contributed by atoms with Crippen LogP contribution in [-0.2, 0) is 0 Å². The first-order valence-electron chi connectivity index (χ1n) is 5.00. The highest BCUT2D eigenvalue weighted by atomic mass is 79.9. The summed E-state index contributed by atoms with van der Waals surface area (Å²) >= 11 is 4.87. The Kier molecular flexibility index (Phi) is 2.61. The Morgan fingerprint density at radius 3 is 2.76 bits per heavy atom. The van der Waals surface area contributed by atoms with Gasteiger partial charge in [0.25, 0.3) is 0 Å². The quantitative estimate of drug-likeness (QED) is 0.653. The zero-order chi connectivity index (χ0) is 11.8. The van der Waals surface area contributed by atoms with Crippen molar-refractivity contribution in [3.8, 4) is 0 Å². The van der Waals surface area contributed by atoms with Crippen LogP contribution in [0, 0.1) is 0 Å². The molecule has 1 aromatic carbocycles. The number of halogens is 1. The Morgan fingerprint density at radius 2 is 2.00 bits per heavy atom. The van der Waals surface area contributed by atoms with Crippen LogP contribution in [0.25, 0.3) is 11.0 Å². The summed E-state index contributed by atoms with van der Waals surface area (Å²) in [7, 11) is 0. The normalized spacial score (nSPS) is 10.9. The van der Waals surface area contributed by atoms with E-state index in [1.165, 1.54) is 17.6 Å². The molecular formula is C13H7BrO2S. The third kappa shape index (κ3) is 1.73. The van der Waals surface area contributed by atoms with Crippen LogP contribution in [-0.4, -0.2) is 5.78 Å². The first-order chi connectivity index (χ1) is 8.27. The maximum absolute atomic E-state index is 12.3. The molecule has 2 heterocycles. The number of hydrogen-bond acceptors (Lipinski definition) is 3. The van der Waals surface area contributed by atoms with E-state index in [0.29, 0.717) is 11.1 Å². The number of carbonyl (C=O) groups is 1. The molecule has 0 N–H and O–H groups in total. The molecule has 0 aliphatic carbocycles. The Hall–Kier alpha value is -1.39. The average Bonchev–Trinajstić information content (AvgIpc) is 2.94. The van der Waals surface area contributed by atoms with Crippen molar-refractivity contribution in [2.45, 2.75) is 0 Å². The molecule has 0 unspecified atom stereocenters. The lowest BCUT2D eigenvalue weighted by atomic mass is 10.1. The molecule has 3 rings (SSSR count). The van der Waals surface area contributed by atoms with Gasteiger partial charge in [0.05, 0.1) is 5.56 Å². The summed E-state index contributed by atoms with van der Waals surface area (Å²) in [5, 5.41) is 4.60. The summed E-state index contributed by atoms with van der Waals surface area (Å²) in [5.74, 6) is -0.0110. The number of hydrogen-bond donors (Lipinski definition) is 0. The van der Waals surface area contributed by atoms with Crippen LogP contribution in [0.3, 0.4) is 0 Å². The highest BCUT2D eigenvalue weighted by molar-refractivity contribution is 9.10. The minimum atomic E-state index is -0.0110. The smallest absolute Gasteiger partial charge is 0.198 e. The number of fused-ring (bicyclic) bond motifs is 1. The van der Waals surface area contributed by atoms with Crippen LogP contribution in [0.15, 0.2) is 50.2 Å². The van der Waals surface area contributed by atoms with Gasteiger partial charge in [-0.2, -0.15) is 11.3 Å². The van der Waals surface area contributed by atoms with Crippen molar-refractivity contribution in [1.29, 1.82) is 0 Å². The van der Waals surface area contributed by atoms with E-state index >= 15 is 0 Å². The van der Waals surface area contributed by atoms with Gasteiger partial charge in [0.1, 0.15) is 11.8 Å². The Morgan fingerprint density at radius 1 is 1.18 bits per heavy atom. The van der Waals surface area contributed by atoms with Crippen molar-refractivity contribution in [2.24, 2.45) is 0 Å². The molecule has 0 saturated carbocycles. The topological polar surface area (TPSA) is 30.2 Å². The van der Waals surface area contributed by atoms with Gasteiger partial charge in [-0.25, -0.2) is 0 Å². The van der Waals surface area contributed by atoms with Gasteiger partial charge in [-0.05, 0) is 22.0 Å². The molecule has 0 radical (unpaired) electrons. The lowest BCUT2D eigenvalue weighted by molar-refractivity contribution is 0.103. The fourth-order valence-electron chi connectivity index (χ4n) is 1.74. The number of ketones is 1. The van der Waals surface area contributed by atoms with Gasteiger partial charge in [-0.1, -0.05) is 18.2 Å². The zero-order valence-corrected chi connectivity index (χ0v) is 11.0. The molecule has 0 fully saturated rings. The first kappa shape index (κ1) is 10.7. The molecule has 0 aliphatic rings. The molecular weight excluding hydrogens is 300 g/mol. The van der Waals surface area contributed by atoms with Gasteiger partial charge in [0, 0.05) is 26.2 Å². The minimum Gasteiger partial charge on any atom is -0.464 e. The van der Waals surface area contributed by atoms with Crippen LogP contribution in [0.4, 0.5) is 0 Å². The Labute approximate surface area is 110 Å². The Balaban J connectivity index is 2.17. The van der Waals surface area contributed by atoms with Crippen molar-refractivity contribution < 1.29 is 9.21 Å². The molecule has 0 bridgehead atoms. The largest absolute Gasteiger partial charge is 0.464 e. The zero-order valence-electron chi connectivity index (χ0n) is 8.64. The van der Waals surface area contributed by atoms with E-state index in [1.54, 1.807) is 0 Å². The van der Waals surface area contributed by atoms with Crippen LogP contribution >= 0.6 is 27.3 Å². The van der Waals surface area contributed by atoms with E-state index in [1.807, 2.05) is 35.0 Å². The highest BCUT2D eigenvalue weighted by Gasteiger charge is 2.18.